The molecule has 0 aromatic heterocycles. The first-order chi connectivity index (χ1) is 11.3. The molecule has 1 aromatic rings. The van der Waals surface area contributed by atoms with Gasteiger partial charge in [0.15, 0.2) is 0 Å². The van der Waals surface area contributed by atoms with Crippen LogP contribution in [0.3, 0.4) is 0 Å². The summed E-state index contributed by atoms with van der Waals surface area (Å²) < 4.78 is 0. The van der Waals surface area contributed by atoms with E-state index in [2.05, 4.69) is 10.6 Å². The van der Waals surface area contributed by atoms with Crippen LogP contribution in [0.1, 0.15) is 37.8 Å². The van der Waals surface area contributed by atoms with Gasteiger partial charge in [0, 0.05) is 25.0 Å². The lowest BCUT2D eigenvalue weighted by Crippen LogP contribution is -2.47. The molecule has 1 heterocycles. The highest BCUT2D eigenvalue weighted by atomic mass is 35.5. The van der Waals surface area contributed by atoms with Gasteiger partial charge in [-0.1, -0.05) is 17.7 Å². The monoisotopic (exact) mass is 351 g/mol. The Hall–Kier alpha value is -1.75. The summed E-state index contributed by atoms with van der Waals surface area (Å²) in [7, 11) is 0. The van der Waals surface area contributed by atoms with Crippen LogP contribution in [0, 0.1) is 19.8 Å². The van der Waals surface area contributed by atoms with Crippen molar-refractivity contribution >= 4 is 29.2 Å². The van der Waals surface area contributed by atoms with Crippen molar-refractivity contribution in [3.05, 3.63) is 28.3 Å². The predicted octanol–water partition coefficient (Wildman–Crippen LogP) is 3.73. The van der Waals surface area contributed by atoms with E-state index in [1.165, 1.54) is 0 Å². The highest BCUT2D eigenvalue weighted by molar-refractivity contribution is 6.34. The van der Waals surface area contributed by atoms with Gasteiger partial charge in [-0.15, -0.1) is 0 Å². The molecule has 0 unspecified atom stereocenters. The van der Waals surface area contributed by atoms with Crippen molar-refractivity contribution in [3.8, 4) is 0 Å². The molecule has 2 N–H and O–H groups in total. The summed E-state index contributed by atoms with van der Waals surface area (Å²) in [4.78, 5) is 26.3. The second kappa shape index (κ2) is 7.88. The molecule has 1 aromatic carbocycles. The fourth-order valence-corrected chi connectivity index (χ4v) is 3.35. The minimum absolute atomic E-state index is 0.0206. The minimum atomic E-state index is -0.0927. The van der Waals surface area contributed by atoms with Crippen LogP contribution in [0.15, 0.2) is 12.1 Å². The topological polar surface area (TPSA) is 61.4 Å². The van der Waals surface area contributed by atoms with E-state index in [0.717, 1.165) is 11.1 Å². The number of rotatable bonds is 3. The Morgan fingerprint density at radius 3 is 2.38 bits per heavy atom. The number of anilines is 1. The molecule has 0 aliphatic carbocycles. The van der Waals surface area contributed by atoms with Crippen LogP contribution >= 0.6 is 11.6 Å². The van der Waals surface area contributed by atoms with E-state index in [9.17, 15) is 9.59 Å². The molecule has 3 amide bonds. The van der Waals surface area contributed by atoms with Gasteiger partial charge >= 0.3 is 6.03 Å². The summed E-state index contributed by atoms with van der Waals surface area (Å²) in [5.41, 5.74) is 2.72. The van der Waals surface area contributed by atoms with E-state index in [1.807, 2.05) is 39.8 Å². The lowest BCUT2D eigenvalue weighted by molar-refractivity contribution is -0.121. The van der Waals surface area contributed by atoms with E-state index in [0.29, 0.717) is 36.6 Å². The van der Waals surface area contributed by atoms with Crippen molar-refractivity contribution in [3.63, 3.8) is 0 Å². The van der Waals surface area contributed by atoms with Gasteiger partial charge in [-0.05, 0) is 57.7 Å². The molecule has 0 spiro atoms. The van der Waals surface area contributed by atoms with Gasteiger partial charge in [0.2, 0.25) is 5.91 Å². The highest BCUT2D eigenvalue weighted by Gasteiger charge is 2.28. The van der Waals surface area contributed by atoms with E-state index in [-0.39, 0.29) is 23.9 Å². The number of hydrogen-bond acceptors (Lipinski definition) is 2. The number of nitrogens with one attached hydrogen (secondary N) is 2. The quantitative estimate of drug-likeness (QED) is 0.871. The third-order valence-electron chi connectivity index (χ3n) is 4.25. The molecule has 1 aliphatic rings. The number of nitrogens with zero attached hydrogens (tertiary/aromatic N) is 1. The maximum absolute atomic E-state index is 12.5. The zero-order valence-electron chi connectivity index (χ0n) is 14.8. The number of likely N-dealkylation sites (tertiary alicyclic amines) is 1. The number of piperidine rings is 1. The molecule has 24 heavy (non-hydrogen) atoms. The second-order valence-corrected chi connectivity index (χ2v) is 7.20. The number of benzene rings is 1. The molecule has 6 heteroatoms. The molecular weight excluding hydrogens is 326 g/mol. The lowest BCUT2D eigenvalue weighted by Gasteiger charge is -2.32. The van der Waals surface area contributed by atoms with Gasteiger partial charge in [0.25, 0.3) is 0 Å². The second-order valence-electron chi connectivity index (χ2n) is 6.79. The van der Waals surface area contributed by atoms with Crippen LogP contribution < -0.4 is 10.6 Å². The van der Waals surface area contributed by atoms with Crippen LogP contribution in [0.2, 0.25) is 5.02 Å². The van der Waals surface area contributed by atoms with Crippen LogP contribution in [-0.2, 0) is 4.79 Å². The van der Waals surface area contributed by atoms with Gasteiger partial charge in [0.1, 0.15) is 0 Å². The fourth-order valence-electron chi connectivity index (χ4n) is 2.98. The number of aryl methyl sites for hydroxylation is 2. The van der Waals surface area contributed by atoms with Crippen molar-refractivity contribution in [2.75, 3.05) is 18.4 Å². The summed E-state index contributed by atoms with van der Waals surface area (Å²) in [5, 5.41) is 6.41. The number of hydrogen-bond donors (Lipinski definition) is 2. The van der Waals surface area contributed by atoms with Crippen LogP contribution in [-0.4, -0.2) is 36.0 Å². The predicted molar refractivity (Wildman–Crippen MR) is 97.5 cm³/mol. The standard InChI is InChI=1S/C18H26ClN3O2/c1-11(2)20-18(24)22-7-5-14(6-8-22)17(23)21-16-13(4)9-12(3)10-15(16)19/h9-11,14H,5-8H2,1-4H3,(H,20,24)(H,21,23). The maximum Gasteiger partial charge on any atom is 0.317 e. The minimum Gasteiger partial charge on any atom is -0.336 e. The fraction of sp³-hybridized carbons (Fsp3) is 0.556. The number of amides is 3. The summed E-state index contributed by atoms with van der Waals surface area (Å²) >= 11 is 6.26. The third-order valence-corrected chi connectivity index (χ3v) is 4.54. The molecule has 132 valence electrons. The van der Waals surface area contributed by atoms with Crippen LogP contribution in [0.5, 0.6) is 0 Å². The SMILES string of the molecule is Cc1cc(C)c(NC(=O)C2CCN(C(=O)NC(C)C)CC2)c(Cl)c1. The Morgan fingerprint density at radius 2 is 1.83 bits per heavy atom. The van der Waals surface area contributed by atoms with E-state index in [4.69, 9.17) is 11.6 Å². The van der Waals surface area contributed by atoms with E-state index < -0.39 is 0 Å². The Morgan fingerprint density at radius 1 is 1.21 bits per heavy atom. The number of carbonyl (C=O) groups excluding carboxylic acids is 2. The third kappa shape index (κ3) is 4.63. The Kier molecular flexibility index (Phi) is 6.10. The van der Waals surface area contributed by atoms with Gasteiger partial charge in [-0.3, -0.25) is 4.79 Å². The molecule has 1 aliphatic heterocycles. The normalized spacial score (nSPS) is 15.5. The molecule has 1 fully saturated rings. The Bertz CT molecular complexity index is 600. The van der Waals surface area contributed by atoms with Crippen molar-refractivity contribution < 1.29 is 9.59 Å². The van der Waals surface area contributed by atoms with Gasteiger partial charge in [0.05, 0.1) is 10.7 Å². The summed E-state index contributed by atoms with van der Waals surface area (Å²) in [5.74, 6) is -0.113. The number of carbonyl (C=O) groups is 2. The molecule has 1 saturated heterocycles. The summed E-state index contributed by atoms with van der Waals surface area (Å²) in [6.07, 6.45) is 1.33. The van der Waals surface area contributed by atoms with Crippen molar-refractivity contribution in [1.82, 2.24) is 10.2 Å². The smallest absolute Gasteiger partial charge is 0.317 e. The number of urea groups is 1. The summed E-state index contributed by atoms with van der Waals surface area (Å²) in [6.45, 7) is 8.97. The Balaban J connectivity index is 1.93. The zero-order valence-corrected chi connectivity index (χ0v) is 15.5. The average molecular weight is 352 g/mol. The van der Waals surface area contributed by atoms with Gasteiger partial charge in [-0.25, -0.2) is 4.79 Å². The first-order valence-corrected chi connectivity index (χ1v) is 8.78. The molecule has 2 rings (SSSR count). The van der Waals surface area contributed by atoms with E-state index >= 15 is 0 Å². The zero-order chi connectivity index (χ0) is 17.9. The molecule has 0 radical (unpaired) electrons. The van der Waals surface area contributed by atoms with Crippen LogP contribution in [0.25, 0.3) is 0 Å². The molecule has 0 atom stereocenters. The molecule has 0 bridgehead atoms. The van der Waals surface area contributed by atoms with Gasteiger partial charge in [-0.2, -0.15) is 0 Å². The highest BCUT2D eigenvalue weighted by Crippen LogP contribution is 2.29. The van der Waals surface area contributed by atoms with E-state index in [1.54, 1.807) is 4.90 Å². The molecule has 5 nitrogen and oxygen atoms in total. The number of halogens is 1. The van der Waals surface area contributed by atoms with Gasteiger partial charge < -0.3 is 15.5 Å². The van der Waals surface area contributed by atoms with Crippen LogP contribution in [0.4, 0.5) is 10.5 Å². The average Bonchev–Trinajstić information content (AvgIpc) is 2.50. The van der Waals surface area contributed by atoms with Crippen molar-refractivity contribution in [2.45, 2.75) is 46.6 Å². The molecular formula is C18H26ClN3O2. The first-order valence-electron chi connectivity index (χ1n) is 8.41. The molecule has 0 saturated carbocycles. The van der Waals surface area contributed by atoms with Crippen molar-refractivity contribution in [2.24, 2.45) is 5.92 Å². The van der Waals surface area contributed by atoms with Crippen molar-refractivity contribution in [1.29, 1.82) is 0 Å². The lowest BCUT2D eigenvalue weighted by atomic mass is 9.95. The Labute approximate surface area is 148 Å². The largest absolute Gasteiger partial charge is 0.336 e. The summed E-state index contributed by atoms with van der Waals surface area (Å²) in [6, 6.07) is 3.91. The maximum atomic E-state index is 12.5. The first kappa shape index (κ1) is 18.6.